The second kappa shape index (κ2) is 6.58. The third-order valence-corrected chi connectivity index (χ3v) is 3.84. The van der Waals surface area contributed by atoms with Crippen LogP contribution in [0.2, 0.25) is 0 Å². The Labute approximate surface area is 138 Å². The quantitative estimate of drug-likeness (QED) is 0.686. The molecular weight excluding hydrogens is 308 g/mol. The minimum absolute atomic E-state index is 0.0952. The van der Waals surface area contributed by atoms with Gasteiger partial charge in [0.25, 0.3) is 0 Å². The monoisotopic (exact) mass is 324 g/mol. The lowest BCUT2D eigenvalue weighted by Gasteiger charge is -2.13. The Morgan fingerprint density at radius 1 is 0.958 bits per heavy atom. The molecule has 0 atom stereocenters. The van der Waals surface area contributed by atoms with Gasteiger partial charge in [0, 0.05) is 5.39 Å². The van der Waals surface area contributed by atoms with Crippen molar-refractivity contribution in [1.29, 1.82) is 0 Å². The molecule has 3 aromatic rings. The largest absolute Gasteiger partial charge is 0.465 e. The van der Waals surface area contributed by atoms with E-state index in [-0.39, 0.29) is 11.1 Å². The summed E-state index contributed by atoms with van der Waals surface area (Å²) in [5, 5.41) is 0.731. The topological polar surface area (TPSA) is 65.7 Å². The number of rotatable bonds is 4. The molecular formula is C19H16O5. The van der Waals surface area contributed by atoms with Crippen molar-refractivity contribution in [3.8, 4) is 0 Å². The average molecular weight is 324 g/mol. The number of ether oxygens (including phenoxy) is 2. The van der Waals surface area contributed by atoms with Crippen molar-refractivity contribution in [2.75, 3.05) is 14.2 Å². The summed E-state index contributed by atoms with van der Waals surface area (Å²) in [5.41, 5.74) is 2.29. The third kappa shape index (κ3) is 2.76. The Hall–Kier alpha value is -3.08. The number of furan rings is 1. The smallest absolute Gasteiger partial charge is 0.342 e. The van der Waals surface area contributed by atoms with Gasteiger partial charge in [-0.15, -0.1) is 0 Å². The molecule has 1 heterocycles. The summed E-state index contributed by atoms with van der Waals surface area (Å²) in [6.45, 7) is 0. The number of methoxy groups -OCH3 is 2. The van der Waals surface area contributed by atoms with Crippen molar-refractivity contribution < 1.29 is 23.5 Å². The molecule has 0 N–H and O–H groups in total. The van der Waals surface area contributed by atoms with E-state index in [1.807, 2.05) is 36.4 Å². The molecule has 0 unspecified atom stereocenters. The highest BCUT2D eigenvalue weighted by Crippen LogP contribution is 2.30. The van der Waals surface area contributed by atoms with E-state index in [1.165, 1.54) is 20.5 Å². The molecule has 0 bridgehead atoms. The fourth-order valence-electron chi connectivity index (χ4n) is 2.76. The minimum atomic E-state index is -0.634. The van der Waals surface area contributed by atoms with E-state index in [0.717, 1.165) is 10.9 Å². The molecule has 0 aliphatic rings. The Kier molecular flexibility index (Phi) is 4.33. The Bertz CT molecular complexity index is 893. The number of fused-ring (bicyclic) bond motifs is 1. The molecule has 5 nitrogen and oxygen atoms in total. The first-order valence-electron chi connectivity index (χ1n) is 7.39. The van der Waals surface area contributed by atoms with E-state index in [1.54, 1.807) is 6.07 Å². The fraction of sp³-hybridized carbons (Fsp3) is 0.158. The van der Waals surface area contributed by atoms with Crippen LogP contribution in [0.1, 0.15) is 31.8 Å². The van der Waals surface area contributed by atoms with Gasteiger partial charge in [-0.05, 0) is 29.7 Å². The number of carbonyl (C=O) groups excluding carboxylic acids is 2. The molecule has 0 saturated heterocycles. The van der Waals surface area contributed by atoms with E-state index < -0.39 is 11.9 Å². The standard InChI is InChI=1S/C19H16O5/c1-22-18(20)15-14(10-12-6-4-3-5-7-12)11-13-8-9-24-17(13)16(15)19(21)23-2/h3-9,11H,10H2,1-2H3. The van der Waals surface area contributed by atoms with Crippen LogP contribution in [0, 0.1) is 0 Å². The maximum Gasteiger partial charge on any atom is 0.342 e. The van der Waals surface area contributed by atoms with Gasteiger partial charge >= 0.3 is 11.9 Å². The molecule has 1 aromatic heterocycles. The Morgan fingerprint density at radius 2 is 1.62 bits per heavy atom. The van der Waals surface area contributed by atoms with E-state index in [2.05, 4.69) is 0 Å². The van der Waals surface area contributed by atoms with E-state index >= 15 is 0 Å². The average Bonchev–Trinajstić information content (AvgIpc) is 3.08. The van der Waals surface area contributed by atoms with Crippen LogP contribution in [0.25, 0.3) is 11.0 Å². The van der Waals surface area contributed by atoms with Gasteiger partial charge in [-0.3, -0.25) is 0 Å². The SMILES string of the molecule is COC(=O)c1c(Cc2ccccc2)cc2ccoc2c1C(=O)OC. The number of carbonyl (C=O) groups is 2. The summed E-state index contributed by atoms with van der Waals surface area (Å²) >= 11 is 0. The van der Waals surface area contributed by atoms with Crippen molar-refractivity contribution in [1.82, 2.24) is 0 Å². The zero-order valence-corrected chi connectivity index (χ0v) is 13.4. The summed E-state index contributed by atoms with van der Waals surface area (Å²) in [6.07, 6.45) is 1.96. The zero-order chi connectivity index (χ0) is 17.1. The molecule has 0 saturated carbocycles. The molecule has 122 valence electrons. The predicted octanol–water partition coefficient (Wildman–Crippen LogP) is 3.60. The van der Waals surface area contributed by atoms with Crippen LogP contribution in [0.4, 0.5) is 0 Å². The molecule has 24 heavy (non-hydrogen) atoms. The Balaban J connectivity index is 2.26. The fourth-order valence-corrected chi connectivity index (χ4v) is 2.76. The van der Waals surface area contributed by atoms with Crippen molar-refractivity contribution in [3.05, 3.63) is 71.0 Å². The van der Waals surface area contributed by atoms with E-state index in [9.17, 15) is 9.59 Å². The highest BCUT2D eigenvalue weighted by molar-refractivity contribution is 6.12. The van der Waals surface area contributed by atoms with Crippen LogP contribution in [0.15, 0.2) is 53.1 Å². The van der Waals surface area contributed by atoms with Crippen LogP contribution >= 0.6 is 0 Å². The highest BCUT2D eigenvalue weighted by atomic mass is 16.5. The first kappa shape index (κ1) is 15.8. The maximum absolute atomic E-state index is 12.4. The number of benzene rings is 2. The number of hydrogen-bond donors (Lipinski definition) is 0. The van der Waals surface area contributed by atoms with Crippen LogP contribution in [-0.4, -0.2) is 26.2 Å². The van der Waals surface area contributed by atoms with Crippen molar-refractivity contribution in [2.45, 2.75) is 6.42 Å². The predicted molar refractivity (Wildman–Crippen MR) is 88.1 cm³/mol. The summed E-state index contributed by atoms with van der Waals surface area (Å²) in [6, 6.07) is 13.3. The lowest BCUT2D eigenvalue weighted by atomic mass is 9.93. The summed E-state index contributed by atoms with van der Waals surface area (Å²) < 4.78 is 15.1. The maximum atomic E-state index is 12.4. The second-order valence-electron chi connectivity index (χ2n) is 5.27. The van der Waals surface area contributed by atoms with Gasteiger partial charge in [-0.2, -0.15) is 0 Å². The van der Waals surface area contributed by atoms with Crippen LogP contribution in [0.3, 0.4) is 0 Å². The molecule has 3 rings (SSSR count). The summed E-state index contributed by atoms with van der Waals surface area (Å²) in [5.74, 6) is -1.23. The number of hydrogen-bond acceptors (Lipinski definition) is 5. The Morgan fingerprint density at radius 3 is 2.29 bits per heavy atom. The molecule has 0 spiro atoms. The van der Waals surface area contributed by atoms with Crippen LogP contribution in [-0.2, 0) is 15.9 Å². The summed E-state index contributed by atoms with van der Waals surface area (Å²) in [7, 11) is 2.55. The van der Waals surface area contributed by atoms with Crippen molar-refractivity contribution in [3.63, 3.8) is 0 Å². The molecule has 2 aromatic carbocycles. The van der Waals surface area contributed by atoms with Gasteiger partial charge in [0.1, 0.15) is 11.1 Å². The van der Waals surface area contributed by atoms with Crippen molar-refractivity contribution in [2.24, 2.45) is 0 Å². The zero-order valence-electron chi connectivity index (χ0n) is 13.4. The van der Waals surface area contributed by atoms with Crippen molar-refractivity contribution >= 4 is 22.9 Å². The third-order valence-electron chi connectivity index (χ3n) is 3.84. The molecule has 0 aliphatic heterocycles. The van der Waals surface area contributed by atoms with E-state index in [4.69, 9.17) is 13.9 Å². The lowest BCUT2D eigenvalue weighted by Crippen LogP contribution is -2.15. The molecule has 5 heteroatoms. The van der Waals surface area contributed by atoms with Gasteiger partial charge in [-0.25, -0.2) is 9.59 Å². The molecule has 0 aliphatic carbocycles. The second-order valence-corrected chi connectivity index (χ2v) is 5.27. The van der Waals surface area contributed by atoms with Crippen LogP contribution in [0.5, 0.6) is 0 Å². The van der Waals surface area contributed by atoms with Gasteiger partial charge in [-0.1, -0.05) is 30.3 Å². The van der Waals surface area contributed by atoms with Crippen LogP contribution < -0.4 is 0 Å². The summed E-state index contributed by atoms with van der Waals surface area (Å²) in [4.78, 5) is 24.6. The minimum Gasteiger partial charge on any atom is -0.465 e. The molecule has 0 radical (unpaired) electrons. The van der Waals surface area contributed by atoms with Gasteiger partial charge < -0.3 is 13.9 Å². The molecule has 0 amide bonds. The lowest BCUT2D eigenvalue weighted by molar-refractivity contribution is 0.0555. The normalized spacial score (nSPS) is 10.6. The van der Waals surface area contributed by atoms with Gasteiger partial charge in [0.05, 0.1) is 26.0 Å². The first-order valence-corrected chi connectivity index (χ1v) is 7.39. The first-order chi connectivity index (χ1) is 11.7. The van der Waals surface area contributed by atoms with E-state index in [0.29, 0.717) is 17.6 Å². The number of esters is 2. The highest BCUT2D eigenvalue weighted by Gasteiger charge is 2.27. The van der Waals surface area contributed by atoms with Gasteiger partial charge in [0.2, 0.25) is 0 Å². The molecule has 0 fully saturated rings. The van der Waals surface area contributed by atoms with Gasteiger partial charge in [0.15, 0.2) is 0 Å².